The third-order valence-corrected chi connectivity index (χ3v) is 6.12. The largest absolute Gasteiger partial charge is 0.491 e. The second-order valence-electron chi connectivity index (χ2n) is 8.21. The number of halogens is 1. The summed E-state index contributed by atoms with van der Waals surface area (Å²) in [7, 11) is 1.60. The Morgan fingerprint density at radius 3 is 2.72 bits per heavy atom. The standard InChI is InChI=1S/C24H28N6O4.ClH.H2O/c1-32-21-18(34-13-3-9-29-11-14-33-15-12-29)6-5-17-19(21)28-24(30-10-8-27-23(17)30)20-16(22(25)31)4-2-7-26-20;;/h2,4-7H,3,8-15H2,1H3,(H2,25,31);1H;1H2. The van der Waals surface area contributed by atoms with Crippen molar-refractivity contribution in [2.75, 3.05) is 59.7 Å². The number of hydrogen-bond donors (Lipinski definition) is 1. The summed E-state index contributed by atoms with van der Waals surface area (Å²) in [4.78, 5) is 30.4. The number of amidine groups is 2. The first kappa shape index (κ1) is 27.3. The molecule has 4 N–H and O–H groups in total. The lowest BCUT2D eigenvalue weighted by Crippen LogP contribution is -2.39. The Morgan fingerprint density at radius 1 is 1.17 bits per heavy atom. The molecule has 1 fully saturated rings. The highest BCUT2D eigenvalue weighted by Gasteiger charge is 2.34. The average Bonchev–Trinajstić information content (AvgIpc) is 3.36. The van der Waals surface area contributed by atoms with Crippen LogP contribution >= 0.6 is 12.4 Å². The molecule has 2 aromatic rings. The zero-order valence-electron chi connectivity index (χ0n) is 20.1. The molecule has 3 aliphatic heterocycles. The SMILES string of the molecule is COc1c(OCCCN2CCOCC2)ccc2c1N=C(c1ncccc1C(N)=O)N1CCN=C21.Cl.O. The van der Waals surface area contributed by atoms with E-state index < -0.39 is 5.91 Å². The Kier molecular flexibility index (Phi) is 9.21. The van der Waals surface area contributed by atoms with Crippen molar-refractivity contribution in [1.29, 1.82) is 0 Å². The Labute approximate surface area is 215 Å². The van der Waals surface area contributed by atoms with Crippen LogP contribution in [-0.4, -0.2) is 97.5 Å². The number of primary amides is 1. The quantitative estimate of drug-likeness (QED) is 0.513. The summed E-state index contributed by atoms with van der Waals surface area (Å²) in [6.45, 7) is 6.27. The van der Waals surface area contributed by atoms with Crippen molar-refractivity contribution in [2.24, 2.45) is 15.7 Å². The van der Waals surface area contributed by atoms with Crippen molar-refractivity contribution in [3.8, 4) is 11.5 Å². The molecule has 1 aromatic carbocycles. The zero-order chi connectivity index (χ0) is 23.5. The Bertz CT molecular complexity index is 1150. The van der Waals surface area contributed by atoms with Crippen molar-refractivity contribution >= 4 is 35.7 Å². The summed E-state index contributed by atoms with van der Waals surface area (Å²) in [6, 6.07) is 7.20. The number of rotatable bonds is 8. The predicted molar refractivity (Wildman–Crippen MR) is 138 cm³/mol. The fraction of sp³-hybridized carbons (Fsp3) is 0.417. The molecule has 1 aromatic heterocycles. The minimum atomic E-state index is -0.557. The van der Waals surface area contributed by atoms with Crippen molar-refractivity contribution in [1.82, 2.24) is 14.8 Å². The van der Waals surface area contributed by atoms with E-state index in [0.29, 0.717) is 54.0 Å². The van der Waals surface area contributed by atoms with Crippen LogP contribution in [0.2, 0.25) is 0 Å². The van der Waals surface area contributed by atoms with Crippen LogP contribution in [0, 0.1) is 0 Å². The number of nitrogens with two attached hydrogens (primary N) is 1. The van der Waals surface area contributed by atoms with E-state index in [1.165, 1.54) is 0 Å². The van der Waals surface area contributed by atoms with Crippen LogP contribution in [0.5, 0.6) is 11.5 Å². The van der Waals surface area contributed by atoms with Gasteiger partial charge in [0.25, 0.3) is 5.91 Å². The number of nitrogens with zero attached hydrogens (tertiary/aromatic N) is 5. The van der Waals surface area contributed by atoms with Gasteiger partial charge in [-0.3, -0.25) is 19.7 Å². The molecule has 0 saturated carbocycles. The summed E-state index contributed by atoms with van der Waals surface area (Å²) >= 11 is 0. The number of aromatic nitrogens is 1. The van der Waals surface area contributed by atoms with Crippen LogP contribution in [-0.2, 0) is 4.74 Å². The van der Waals surface area contributed by atoms with Gasteiger partial charge in [0.15, 0.2) is 17.3 Å². The lowest BCUT2D eigenvalue weighted by atomic mass is 10.1. The molecule has 0 bridgehead atoms. The number of pyridine rings is 1. The van der Waals surface area contributed by atoms with Gasteiger partial charge in [0.1, 0.15) is 17.2 Å². The molecule has 1 amide bonds. The molecule has 1 saturated heterocycles. The first-order chi connectivity index (χ1) is 16.7. The molecular weight excluding hydrogens is 488 g/mol. The maximum Gasteiger partial charge on any atom is 0.251 e. The summed E-state index contributed by atoms with van der Waals surface area (Å²) in [5.41, 5.74) is 7.82. The maximum absolute atomic E-state index is 12.1. The van der Waals surface area contributed by atoms with Gasteiger partial charge in [-0.15, -0.1) is 12.4 Å². The highest BCUT2D eigenvalue weighted by Crippen LogP contribution is 2.44. The van der Waals surface area contributed by atoms with Crippen LogP contribution < -0.4 is 15.2 Å². The molecule has 0 radical (unpaired) electrons. The van der Waals surface area contributed by atoms with Gasteiger partial charge < -0.3 is 30.3 Å². The number of hydrogen-bond acceptors (Lipinski definition) is 9. The van der Waals surface area contributed by atoms with Crippen LogP contribution in [0.3, 0.4) is 0 Å². The first-order valence-electron chi connectivity index (χ1n) is 11.5. The van der Waals surface area contributed by atoms with E-state index in [-0.39, 0.29) is 17.9 Å². The predicted octanol–water partition coefficient (Wildman–Crippen LogP) is 1.04. The number of ether oxygens (including phenoxy) is 3. The molecule has 12 heteroatoms. The second-order valence-corrected chi connectivity index (χ2v) is 8.21. The van der Waals surface area contributed by atoms with Crippen LogP contribution in [0.25, 0.3) is 0 Å². The number of morpholine rings is 1. The van der Waals surface area contributed by atoms with Gasteiger partial charge in [-0.25, -0.2) is 4.99 Å². The van der Waals surface area contributed by atoms with E-state index in [2.05, 4.69) is 14.9 Å². The molecule has 0 unspecified atom stereocenters. The monoisotopic (exact) mass is 518 g/mol. The number of aliphatic imine (C=N–C) groups is 2. The van der Waals surface area contributed by atoms with Crippen LogP contribution in [0.4, 0.5) is 5.69 Å². The zero-order valence-corrected chi connectivity index (χ0v) is 20.9. The minimum Gasteiger partial charge on any atom is -0.491 e. The van der Waals surface area contributed by atoms with Crippen molar-refractivity contribution in [3.05, 3.63) is 47.3 Å². The highest BCUT2D eigenvalue weighted by molar-refractivity contribution is 6.22. The fourth-order valence-corrected chi connectivity index (χ4v) is 4.46. The van der Waals surface area contributed by atoms with Gasteiger partial charge in [0, 0.05) is 37.9 Å². The van der Waals surface area contributed by atoms with E-state index in [4.69, 9.17) is 24.9 Å². The third kappa shape index (κ3) is 5.29. The number of carbonyl (C=O) groups excluding carboxylic acids is 1. The second kappa shape index (κ2) is 12.1. The van der Waals surface area contributed by atoms with Gasteiger partial charge >= 0.3 is 0 Å². The molecule has 0 spiro atoms. The Balaban J connectivity index is 0.00000180. The minimum absolute atomic E-state index is 0. The fourth-order valence-electron chi connectivity index (χ4n) is 4.46. The van der Waals surface area contributed by atoms with Crippen molar-refractivity contribution < 1.29 is 24.5 Å². The molecule has 3 aliphatic rings. The van der Waals surface area contributed by atoms with E-state index in [1.807, 2.05) is 17.0 Å². The van der Waals surface area contributed by atoms with E-state index >= 15 is 0 Å². The van der Waals surface area contributed by atoms with Gasteiger partial charge in [-0.2, -0.15) is 0 Å². The topological polar surface area (TPSA) is 146 Å². The number of fused-ring (bicyclic) bond motifs is 3. The lowest BCUT2D eigenvalue weighted by molar-refractivity contribution is 0.0357. The van der Waals surface area contributed by atoms with Gasteiger partial charge in [0.05, 0.1) is 39.0 Å². The molecule has 11 nitrogen and oxygen atoms in total. The third-order valence-electron chi connectivity index (χ3n) is 6.12. The molecule has 194 valence electrons. The number of methoxy groups -OCH3 is 1. The molecular formula is C24H31ClN6O5. The number of benzene rings is 1. The number of amides is 1. The van der Waals surface area contributed by atoms with E-state index in [9.17, 15) is 4.79 Å². The Hall–Kier alpha value is -3.25. The first-order valence-corrected chi connectivity index (χ1v) is 11.5. The normalized spacial score (nSPS) is 16.5. The van der Waals surface area contributed by atoms with Crippen LogP contribution in [0.1, 0.15) is 28.0 Å². The molecule has 36 heavy (non-hydrogen) atoms. The molecule has 0 atom stereocenters. The number of carbonyl (C=O) groups is 1. The lowest BCUT2D eigenvalue weighted by Gasteiger charge is -2.29. The Morgan fingerprint density at radius 2 is 1.97 bits per heavy atom. The smallest absolute Gasteiger partial charge is 0.251 e. The average molecular weight is 519 g/mol. The van der Waals surface area contributed by atoms with E-state index in [1.54, 1.807) is 25.4 Å². The van der Waals surface area contributed by atoms with Gasteiger partial charge in [-0.1, -0.05) is 0 Å². The van der Waals surface area contributed by atoms with Gasteiger partial charge in [0.2, 0.25) is 0 Å². The van der Waals surface area contributed by atoms with Gasteiger partial charge in [-0.05, 0) is 30.7 Å². The molecule has 4 heterocycles. The van der Waals surface area contributed by atoms with Crippen molar-refractivity contribution in [3.63, 3.8) is 0 Å². The van der Waals surface area contributed by atoms with Crippen molar-refractivity contribution in [2.45, 2.75) is 6.42 Å². The highest BCUT2D eigenvalue weighted by atomic mass is 35.5. The maximum atomic E-state index is 12.1. The summed E-state index contributed by atoms with van der Waals surface area (Å²) in [6.07, 6.45) is 2.52. The molecule has 5 rings (SSSR count). The van der Waals surface area contributed by atoms with E-state index in [0.717, 1.165) is 50.7 Å². The summed E-state index contributed by atoms with van der Waals surface area (Å²) < 4.78 is 17.3. The summed E-state index contributed by atoms with van der Waals surface area (Å²) in [5.74, 6) is 1.90. The van der Waals surface area contributed by atoms with Crippen LogP contribution in [0.15, 0.2) is 40.4 Å². The molecule has 0 aliphatic carbocycles. The summed E-state index contributed by atoms with van der Waals surface area (Å²) in [5, 5.41) is 0.